The number of carbonyl (C=O) groups is 2. The van der Waals surface area contributed by atoms with Gasteiger partial charge in [0, 0.05) is 39.8 Å². The summed E-state index contributed by atoms with van der Waals surface area (Å²) in [6, 6.07) is 4.53. The number of halogens is 6. The topological polar surface area (TPSA) is 90.0 Å². The second-order valence-electron chi connectivity index (χ2n) is 8.85. The molecule has 0 saturated heterocycles. The van der Waals surface area contributed by atoms with Gasteiger partial charge in [-0.05, 0) is 48.4 Å². The molecule has 38 heavy (non-hydrogen) atoms. The van der Waals surface area contributed by atoms with Crippen LogP contribution < -0.4 is 11.1 Å². The standard InChI is InChI=1S/C26H18ClF5N4O2/c1-3-18-13-9-14(19-15(24(33)37)6-10(7-17(19)29)26(30,31)32)20-21(23(13)35-36(18)2)25(38)34-22(20)12-8-11(28)4-5-16(12)27/h4-9,22H,3H2,1-2H3,(H2,33,37)(H,34,38). The van der Waals surface area contributed by atoms with Crippen molar-refractivity contribution in [2.45, 2.75) is 25.6 Å². The van der Waals surface area contributed by atoms with Gasteiger partial charge in [-0.15, -0.1) is 0 Å². The zero-order valence-electron chi connectivity index (χ0n) is 19.8. The zero-order chi connectivity index (χ0) is 27.7. The second kappa shape index (κ2) is 8.80. The Morgan fingerprint density at radius 3 is 2.50 bits per heavy atom. The lowest BCUT2D eigenvalue weighted by atomic mass is 9.85. The molecule has 0 aliphatic carbocycles. The number of primary amides is 1. The molecule has 1 unspecified atom stereocenters. The zero-order valence-corrected chi connectivity index (χ0v) is 20.6. The van der Waals surface area contributed by atoms with Crippen LogP contribution in [-0.2, 0) is 19.6 Å². The van der Waals surface area contributed by atoms with E-state index in [-0.39, 0.29) is 38.9 Å². The van der Waals surface area contributed by atoms with Crippen molar-refractivity contribution >= 4 is 34.3 Å². The molecule has 3 aromatic carbocycles. The third-order valence-corrected chi connectivity index (χ3v) is 6.98. The molecule has 0 saturated carbocycles. The van der Waals surface area contributed by atoms with E-state index in [4.69, 9.17) is 17.3 Å². The first kappa shape index (κ1) is 25.7. The Bertz CT molecular complexity index is 1680. The number of benzene rings is 3. The Morgan fingerprint density at radius 2 is 1.87 bits per heavy atom. The molecule has 3 N–H and O–H groups in total. The van der Waals surface area contributed by atoms with Crippen LogP contribution in [0.15, 0.2) is 36.4 Å². The Labute approximate surface area is 217 Å². The Hall–Kier alpha value is -3.99. The lowest BCUT2D eigenvalue weighted by Crippen LogP contribution is -2.21. The third kappa shape index (κ3) is 3.89. The van der Waals surface area contributed by atoms with Crippen molar-refractivity contribution in [1.29, 1.82) is 0 Å². The van der Waals surface area contributed by atoms with Gasteiger partial charge >= 0.3 is 6.18 Å². The maximum Gasteiger partial charge on any atom is 0.416 e. The number of nitrogens with one attached hydrogen (secondary N) is 1. The first-order valence-corrected chi connectivity index (χ1v) is 11.7. The predicted octanol–water partition coefficient (Wildman–Crippen LogP) is 5.68. The summed E-state index contributed by atoms with van der Waals surface area (Å²) < 4.78 is 71.7. The number of aromatic nitrogens is 2. The van der Waals surface area contributed by atoms with Gasteiger partial charge in [-0.2, -0.15) is 18.3 Å². The largest absolute Gasteiger partial charge is 0.416 e. The lowest BCUT2D eigenvalue weighted by Gasteiger charge is -2.20. The van der Waals surface area contributed by atoms with E-state index in [0.717, 1.165) is 12.1 Å². The quantitative estimate of drug-likeness (QED) is 0.321. The minimum Gasteiger partial charge on any atom is -0.366 e. The van der Waals surface area contributed by atoms with Gasteiger partial charge in [0.2, 0.25) is 5.91 Å². The summed E-state index contributed by atoms with van der Waals surface area (Å²) in [4.78, 5) is 25.7. The van der Waals surface area contributed by atoms with Crippen molar-refractivity contribution in [3.05, 3.63) is 86.6 Å². The fourth-order valence-corrected chi connectivity index (χ4v) is 5.26. The number of hydrogen-bond donors (Lipinski definition) is 2. The number of alkyl halides is 3. The fourth-order valence-electron chi connectivity index (χ4n) is 5.03. The van der Waals surface area contributed by atoms with E-state index >= 15 is 4.39 Å². The summed E-state index contributed by atoms with van der Waals surface area (Å²) in [7, 11) is 1.65. The van der Waals surface area contributed by atoms with E-state index in [0.29, 0.717) is 23.6 Å². The summed E-state index contributed by atoms with van der Waals surface area (Å²) >= 11 is 6.33. The molecule has 6 nitrogen and oxygen atoms in total. The van der Waals surface area contributed by atoms with Crippen molar-refractivity contribution < 1.29 is 31.5 Å². The van der Waals surface area contributed by atoms with Crippen LogP contribution in [0.1, 0.15) is 56.1 Å². The number of carbonyl (C=O) groups excluding carboxylic acids is 2. The molecule has 0 bridgehead atoms. The SMILES string of the molecule is CCc1c2cc(-c3c(F)cc(C(F)(F)F)cc3C(N)=O)c3c(c2nn1C)C(=O)NC3c1cc(F)ccc1Cl. The molecule has 1 aliphatic heterocycles. The molecular formula is C26H18ClF5N4O2. The first-order chi connectivity index (χ1) is 17.8. The highest BCUT2D eigenvalue weighted by atomic mass is 35.5. The number of fused-ring (bicyclic) bond motifs is 3. The summed E-state index contributed by atoms with van der Waals surface area (Å²) in [6.07, 6.45) is -4.51. The van der Waals surface area contributed by atoms with Crippen molar-refractivity contribution in [2.24, 2.45) is 12.8 Å². The van der Waals surface area contributed by atoms with Crippen LogP contribution in [0.3, 0.4) is 0 Å². The molecular weight excluding hydrogens is 531 g/mol. The van der Waals surface area contributed by atoms with Gasteiger partial charge in [-0.25, -0.2) is 8.78 Å². The normalized spacial score (nSPS) is 15.2. The average molecular weight is 549 g/mol. The summed E-state index contributed by atoms with van der Waals surface area (Å²) in [6.45, 7) is 1.83. The molecule has 12 heteroatoms. The van der Waals surface area contributed by atoms with Gasteiger partial charge in [0.05, 0.1) is 22.7 Å². The van der Waals surface area contributed by atoms with Crippen LogP contribution in [0.5, 0.6) is 0 Å². The molecule has 2 heterocycles. The maximum atomic E-state index is 15.6. The molecule has 196 valence electrons. The molecule has 1 aliphatic rings. The van der Waals surface area contributed by atoms with Crippen LogP contribution in [-0.4, -0.2) is 21.6 Å². The number of amides is 2. The number of rotatable bonds is 4. The van der Waals surface area contributed by atoms with E-state index in [1.54, 1.807) is 7.05 Å². The van der Waals surface area contributed by atoms with Crippen LogP contribution in [0.2, 0.25) is 5.02 Å². The van der Waals surface area contributed by atoms with Gasteiger partial charge in [0.25, 0.3) is 5.91 Å². The van der Waals surface area contributed by atoms with Crippen molar-refractivity contribution in [1.82, 2.24) is 15.1 Å². The lowest BCUT2D eigenvalue weighted by molar-refractivity contribution is -0.137. The predicted molar refractivity (Wildman–Crippen MR) is 130 cm³/mol. The van der Waals surface area contributed by atoms with Gasteiger partial charge < -0.3 is 11.1 Å². The number of nitrogens with zero attached hydrogens (tertiary/aromatic N) is 2. The van der Waals surface area contributed by atoms with E-state index in [2.05, 4.69) is 10.4 Å². The maximum absolute atomic E-state index is 15.6. The van der Waals surface area contributed by atoms with Crippen molar-refractivity contribution in [2.75, 3.05) is 0 Å². The van der Waals surface area contributed by atoms with E-state index < -0.39 is 52.4 Å². The van der Waals surface area contributed by atoms with Gasteiger partial charge in [0.1, 0.15) is 17.2 Å². The Kier molecular flexibility index (Phi) is 5.94. The van der Waals surface area contributed by atoms with Crippen molar-refractivity contribution in [3.8, 4) is 11.1 Å². The Morgan fingerprint density at radius 1 is 1.16 bits per heavy atom. The minimum absolute atomic E-state index is 0.00727. The number of nitrogens with two attached hydrogens (primary N) is 1. The Balaban J connectivity index is 1.95. The minimum atomic E-state index is -4.96. The number of aryl methyl sites for hydroxylation is 2. The first-order valence-electron chi connectivity index (χ1n) is 11.3. The van der Waals surface area contributed by atoms with E-state index in [1.165, 1.54) is 16.8 Å². The highest BCUT2D eigenvalue weighted by molar-refractivity contribution is 6.31. The van der Waals surface area contributed by atoms with Gasteiger partial charge in [0.15, 0.2) is 0 Å². The van der Waals surface area contributed by atoms with Gasteiger partial charge in [-0.3, -0.25) is 14.3 Å². The van der Waals surface area contributed by atoms with E-state index in [1.807, 2.05) is 6.92 Å². The second-order valence-corrected chi connectivity index (χ2v) is 9.25. The fraction of sp³-hybridized carbons (Fsp3) is 0.192. The molecule has 0 radical (unpaired) electrons. The average Bonchev–Trinajstić information content (AvgIpc) is 3.34. The molecule has 0 spiro atoms. The molecule has 2 amide bonds. The summed E-state index contributed by atoms with van der Waals surface area (Å²) in [5, 5.41) is 7.66. The van der Waals surface area contributed by atoms with Gasteiger partial charge in [-0.1, -0.05) is 18.5 Å². The van der Waals surface area contributed by atoms with Crippen LogP contribution in [0, 0.1) is 11.6 Å². The molecule has 4 aromatic rings. The summed E-state index contributed by atoms with van der Waals surface area (Å²) in [5.41, 5.74) is 3.81. The summed E-state index contributed by atoms with van der Waals surface area (Å²) in [5.74, 6) is -3.98. The smallest absolute Gasteiger partial charge is 0.366 e. The molecule has 0 fully saturated rings. The van der Waals surface area contributed by atoms with Crippen LogP contribution in [0.4, 0.5) is 22.0 Å². The molecule has 5 rings (SSSR count). The molecule has 1 atom stereocenters. The highest BCUT2D eigenvalue weighted by Crippen LogP contribution is 2.46. The highest BCUT2D eigenvalue weighted by Gasteiger charge is 2.40. The number of hydrogen-bond acceptors (Lipinski definition) is 3. The van der Waals surface area contributed by atoms with Crippen molar-refractivity contribution in [3.63, 3.8) is 0 Å². The monoisotopic (exact) mass is 548 g/mol. The van der Waals surface area contributed by atoms with E-state index in [9.17, 15) is 27.2 Å². The third-order valence-electron chi connectivity index (χ3n) is 6.64. The molecule has 1 aromatic heterocycles. The van der Waals surface area contributed by atoms with Crippen LogP contribution >= 0.6 is 11.6 Å². The van der Waals surface area contributed by atoms with Crippen LogP contribution in [0.25, 0.3) is 22.0 Å².